The van der Waals surface area contributed by atoms with E-state index in [1.165, 1.54) is 6.33 Å². The molecule has 1 fully saturated rings. The van der Waals surface area contributed by atoms with E-state index in [0.717, 1.165) is 26.2 Å². The van der Waals surface area contributed by atoms with Crippen LogP contribution in [0.5, 0.6) is 0 Å². The lowest BCUT2D eigenvalue weighted by atomic mass is 10.2. The van der Waals surface area contributed by atoms with Crippen molar-refractivity contribution in [2.45, 2.75) is 19.9 Å². The largest absolute Gasteiger partial charge is 0.364 e. The van der Waals surface area contributed by atoms with Gasteiger partial charge in [-0.15, -0.1) is 0 Å². The SMILES string of the molecule is CC(C)N1CCN(c2cc3c(Cl)ncnc3[nH]c2=O)CC1. The van der Waals surface area contributed by atoms with Crippen molar-refractivity contribution in [2.75, 3.05) is 31.1 Å². The maximum absolute atomic E-state index is 12.2. The molecule has 112 valence electrons. The van der Waals surface area contributed by atoms with Crippen LogP contribution in [0.1, 0.15) is 13.8 Å². The first-order valence-electron chi connectivity index (χ1n) is 7.09. The Labute approximate surface area is 127 Å². The third-order valence-corrected chi connectivity index (χ3v) is 4.27. The molecule has 7 heteroatoms. The van der Waals surface area contributed by atoms with E-state index in [-0.39, 0.29) is 5.56 Å². The molecule has 3 heterocycles. The smallest absolute Gasteiger partial charge is 0.273 e. The lowest BCUT2D eigenvalue weighted by Gasteiger charge is -2.37. The fraction of sp³-hybridized carbons (Fsp3) is 0.500. The minimum atomic E-state index is -0.129. The predicted octanol–water partition coefficient (Wildman–Crippen LogP) is 1.50. The molecular weight excluding hydrogens is 290 g/mol. The Morgan fingerprint density at radius 3 is 2.62 bits per heavy atom. The molecule has 0 radical (unpaired) electrons. The number of halogens is 1. The zero-order valence-electron chi connectivity index (χ0n) is 12.1. The summed E-state index contributed by atoms with van der Waals surface area (Å²) < 4.78 is 0. The highest BCUT2D eigenvalue weighted by atomic mass is 35.5. The minimum absolute atomic E-state index is 0.129. The Bertz CT molecular complexity index is 706. The van der Waals surface area contributed by atoms with Gasteiger partial charge in [0.2, 0.25) is 0 Å². The third kappa shape index (κ3) is 2.73. The summed E-state index contributed by atoms with van der Waals surface area (Å²) in [6.07, 6.45) is 1.35. The Kier molecular flexibility index (Phi) is 3.82. The highest BCUT2D eigenvalue weighted by Gasteiger charge is 2.21. The summed E-state index contributed by atoms with van der Waals surface area (Å²) >= 11 is 6.09. The van der Waals surface area contributed by atoms with E-state index in [1.807, 2.05) is 0 Å². The number of nitrogens with one attached hydrogen (secondary N) is 1. The molecule has 1 aliphatic rings. The van der Waals surface area contributed by atoms with Crippen LogP contribution in [-0.2, 0) is 0 Å². The second-order valence-corrected chi connectivity index (χ2v) is 5.89. The number of nitrogens with zero attached hydrogens (tertiary/aromatic N) is 4. The van der Waals surface area contributed by atoms with Crippen molar-refractivity contribution in [3.63, 3.8) is 0 Å². The van der Waals surface area contributed by atoms with E-state index in [9.17, 15) is 4.79 Å². The first-order valence-corrected chi connectivity index (χ1v) is 7.46. The molecule has 0 aliphatic carbocycles. The number of pyridine rings is 1. The van der Waals surface area contributed by atoms with Crippen molar-refractivity contribution in [1.82, 2.24) is 19.9 Å². The second-order valence-electron chi connectivity index (χ2n) is 5.53. The summed E-state index contributed by atoms with van der Waals surface area (Å²) in [6.45, 7) is 7.95. The van der Waals surface area contributed by atoms with E-state index in [0.29, 0.717) is 27.9 Å². The fourth-order valence-electron chi connectivity index (χ4n) is 2.69. The van der Waals surface area contributed by atoms with Gasteiger partial charge in [0, 0.05) is 32.2 Å². The highest BCUT2D eigenvalue weighted by molar-refractivity contribution is 6.33. The normalized spacial score (nSPS) is 16.9. The van der Waals surface area contributed by atoms with Crippen molar-refractivity contribution in [1.29, 1.82) is 0 Å². The average molecular weight is 308 g/mol. The maximum atomic E-state index is 12.2. The molecular formula is C14H18ClN5O. The number of anilines is 1. The fourth-order valence-corrected chi connectivity index (χ4v) is 2.88. The monoisotopic (exact) mass is 307 g/mol. The number of piperazine rings is 1. The molecule has 6 nitrogen and oxygen atoms in total. The number of hydrogen-bond donors (Lipinski definition) is 1. The molecule has 2 aromatic heterocycles. The van der Waals surface area contributed by atoms with Gasteiger partial charge >= 0.3 is 0 Å². The van der Waals surface area contributed by atoms with Crippen molar-refractivity contribution in [3.05, 3.63) is 27.9 Å². The Morgan fingerprint density at radius 2 is 1.95 bits per heavy atom. The van der Waals surface area contributed by atoms with Gasteiger partial charge in [-0.05, 0) is 19.9 Å². The lowest BCUT2D eigenvalue weighted by Crippen LogP contribution is -2.50. The van der Waals surface area contributed by atoms with E-state index in [1.54, 1.807) is 6.07 Å². The predicted molar refractivity (Wildman–Crippen MR) is 84.1 cm³/mol. The molecule has 0 bridgehead atoms. The van der Waals surface area contributed by atoms with Crippen LogP contribution in [0.15, 0.2) is 17.2 Å². The molecule has 0 saturated carbocycles. The number of aromatic nitrogens is 3. The molecule has 0 amide bonds. The van der Waals surface area contributed by atoms with Gasteiger partial charge in [0.25, 0.3) is 5.56 Å². The standard InChI is InChI=1S/C14H18ClN5O/c1-9(2)19-3-5-20(6-4-19)11-7-10-12(15)16-8-17-13(10)18-14(11)21/h7-9H,3-6H2,1-2H3,(H,16,17,18,21). The van der Waals surface area contributed by atoms with Crippen LogP contribution in [-0.4, -0.2) is 52.1 Å². The van der Waals surface area contributed by atoms with Gasteiger partial charge in [0.1, 0.15) is 22.8 Å². The molecule has 2 aromatic rings. The Morgan fingerprint density at radius 1 is 1.24 bits per heavy atom. The van der Waals surface area contributed by atoms with E-state index in [2.05, 4.69) is 38.6 Å². The van der Waals surface area contributed by atoms with Crippen LogP contribution in [0.4, 0.5) is 5.69 Å². The summed E-state index contributed by atoms with van der Waals surface area (Å²) in [5.74, 6) is 0. The van der Waals surface area contributed by atoms with E-state index < -0.39 is 0 Å². The van der Waals surface area contributed by atoms with Crippen LogP contribution in [0.25, 0.3) is 11.0 Å². The molecule has 0 spiro atoms. The molecule has 1 aliphatic heterocycles. The van der Waals surface area contributed by atoms with Gasteiger partial charge in [-0.1, -0.05) is 11.6 Å². The van der Waals surface area contributed by atoms with Crippen molar-refractivity contribution in [2.24, 2.45) is 0 Å². The zero-order chi connectivity index (χ0) is 15.0. The van der Waals surface area contributed by atoms with E-state index >= 15 is 0 Å². The summed E-state index contributed by atoms with van der Waals surface area (Å²) in [7, 11) is 0. The number of H-pyrrole nitrogens is 1. The van der Waals surface area contributed by atoms with Gasteiger partial charge < -0.3 is 9.88 Å². The zero-order valence-corrected chi connectivity index (χ0v) is 12.9. The molecule has 0 aromatic carbocycles. The van der Waals surface area contributed by atoms with Crippen molar-refractivity contribution >= 4 is 28.3 Å². The van der Waals surface area contributed by atoms with Gasteiger partial charge in [-0.3, -0.25) is 9.69 Å². The quantitative estimate of drug-likeness (QED) is 0.852. The second kappa shape index (κ2) is 5.61. The Balaban J connectivity index is 1.93. The van der Waals surface area contributed by atoms with Crippen LogP contribution in [0.3, 0.4) is 0 Å². The first-order chi connectivity index (χ1) is 10.1. The number of hydrogen-bond acceptors (Lipinski definition) is 5. The molecule has 3 rings (SSSR count). The average Bonchev–Trinajstić information content (AvgIpc) is 2.47. The summed E-state index contributed by atoms with van der Waals surface area (Å²) in [5, 5.41) is 1.04. The number of fused-ring (bicyclic) bond motifs is 1. The van der Waals surface area contributed by atoms with Crippen LogP contribution in [0.2, 0.25) is 5.15 Å². The summed E-state index contributed by atoms with van der Waals surface area (Å²) in [5.41, 5.74) is 0.988. The number of rotatable bonds is 2. The van der Waals surface area contributed by atoms with Crippen molar-refractivity contribution in [3.8, 4) is 0 Å². The van der Waals surface area contributed by atoms with Gasteiger partial charge in [0.05, 0.1) is 5.39 Å². The van der Waals surface area contributed by atoms with E-state index in [4.69, 9.17) is 11.6 Å². The molecule has 1 N–H and O–H groups in total. The molecule has 21 heavy (non-hydrogen) atoms. The van der Waals surface area contributed by atoms with Crippen molar-refractivity contribution < 1.29 is 0 Å². The topological polar surface area (TPSA) is 65.1 Å². The van der Waals surface area contributed by atoms with Gasteiger partial charge in [-0.2, -0.15) is 0 Å². The minimum Gasteiger partial charge on any atom is -0.364 e. The molecule has 0 unspecified atom stereocenters. The lowest BCUT2D eigenvalue weighted by molar-refractivity contribution is 0.209. The van der Waals surface area contributed by atoms with Gasteiger partial charge in [-0.25, -0.2) is 9.97 Å². The van der Waals surface area contributed by atoms with Gasteiger partial charge in [0.15, 0.2) is 0 Å². The summed E-state index contributed by atoms with van der Waals surface area (Å²) in [6, 6.07) is 2.33. The first kappa shape index (κ1) is 14.3. The van der Waals surface area contributed by atoms with Crippen LogP contribution >= 0.6 is 11.6 Å². The number of aromatic amines is 1. The summed E-state index contributed by atoms with van der Waals surface area (Å²) in [4.78, 5) is 27.5. The molecule has 1 saturated heterocycles. The Hall–Kier alpha value is -1.66. The van der Waals surface area contributed by atoms with Crippen LogP contribution < -0.4 is 10.5 Å². The van der Waals surface area contributed by atoms with Crippen LogP contribution in [0, 0.1) is 0 Å². The highest BCUT2D eigenvalue weighted by Crippen LogP contribution is 2.21. The molecule has 0 atom stereocenters. The third-order valence-electron chi connectivity index (χ3n) is 3.97. The maximum Gasteiger partial charge on any atom is 0.273 e.